The number of aryl methyl sites for hydroxylation is 1. The highest BCUT2D eigenvalue weighted by Crippen LogP contribution is 2.30. The van der Waals surface area contributed by atoms with E-state index in [2.05, 4.69) is 30.4 Å². The zero-order valence-corrected chi connectivity index (χ0v) is 14.8. The Kier molecular flexibility index (Phi) is 5.12. The van der Waals surface area contributed by atoms with Gasteiger partial charge in [0.25, 0.3) is 0 Å². The minimum atomic E-state index is -0.389. The molecule has 0 radical (unpaired) electrons. The lowest BCUT2D eigenvalue weighted by atomic mass is 10.0. The molecule has 1 heterocycles. The monoisotopic (exact) mass is 339 g/mol. The molecule has 1 atom stereocenters. The van der Waals surface area contributed by atoms with E-state index in [4.69, 9.17) is 10.5 Å². The van der Waals surface area contributed by atoms with Crippen molar-refractivity contribution in [1.29, 1.82) is 0 Å². The van der Waals surface area contributed by atoms with Crippen molar-refractivity contribution in [3.05, 3.63) is 53.6 Å². The number of nitrogens with one attached hydrogen (secondary N) is 1. The van der Waals surface area contributed by atoms with Gasteiger partial charge in [0.05, 0.1) is 12.8 Å². The number of methoxy groups -OCH3 is 1. The van der Waals surface area contributed by atoms with Crippen LogP contribution in [-0.4, -0.2) is 25.7 Å². The number of hydrogen-bond acceptors (Lipinski definition) is 3. The van der Waals surface area contributed by atoms with Crippen LogP contribution in [0.1, 0.15) is 24.5 Å². The number of nitrogens with zero attached hydrogens (tertiary/aromatic N) is 1. The van der Waals surface area contributed by atoms with Gasteiger partial charge >= 0.3 is 6.03 Å². The quantitative estimate of drug-likeness (QED) is 0.875. The Bertz CT molecular complexity index is 760. The van der Waals surface area contributed by atoms with Crippen LogP contribution in [0.4, 0.5) is 16.2 Å². The summed E-state index contributed by atoms with van der Waals surface area (Å²) in [5.74, 6) is 0.904. The molecule has 2 aromatic rings. The van der Waals surface area contributed by atoms with Gasteiger partial charge in [0.2, 0.25) is 0 Å². The van der Waals surface area contributed by atoms with Crippen molar-refractivity contribution in [2.45, 2.75) is 32.2 Å². The molecule has 132 valence electrons. The van der Waals surface area contributed by atoms with Gasteiger partial charge < -0.3 is 15.8 Å². The summed E-state index contributed by atoms with van der Waals surface area (Å²) < 4.78 is 5.43. The summed E-state index contributed by atoms with van der Waals surface area (Å²) in [7, 11) is 1.69. The highest BCUT2D eigenvalue weighted by molar-refractivity contribution is 5.92. The first kappa shape index (κ1) is 17.1. The topological polar surface area (TPSA) is 67.6 Å². The maximum atomic E-state index is 11.7. The molecule has 0 bridgehead atoms. The highest BCUT2D eigenvalue weighted by atomic mass is 16.5. The lowest BCUT2D eigenvalue weighted by molar-refractivity contribution is 0.253. The van der Waals surface area contributed by atoms with Gasteiger partial charge in [-0.15, -0.1) is 0 Å². The second kappa shape index (κ2) is 7.47. The number of rotatable bonds is 5. The Balaban J connectivity index is 1.74. The van der Waals surface area contributed by atoms with Crippen molar-refractivity contribution in [3.63, 3.8) is 0 Å². The van der Waals surface area contributed by atoms with Crippen molar-refractivity contribution in [2.24, 2.45) is 5.73 Å². The molecule has 5 nitrogen and oxygen atoms in total. The number of carbonyl (C=O) groups is 1. The number of ether oxygens (including phenoxy) is 1. The average Bonchev–Trinajstić information content (AvgIpc) is 2.61. The maximum Gasteiger partial charge on any atom is 0.319 e. The van der Waals surface area contributed by atoms with Crippen LogP contribution in [0.25, 0.3) is 0 Å². The van der Waals surface area contributed by atoms with Crippen molar-refractivity contribution in [1.82, 2.24) is 0 Å². The highest BCUT2D eigenvalue weighted by Gasteiger charge is 2.21. The summed E-state index contributed by atoms with van der Waals surface area (Å²) in [6.45, 7) is 2.82. The molecule has 0 aliphatic carbocycles. The number of nitrogens with two attached hydrogens (primary N) is 1. The number of carbonyl (C=O) groups excluding carboxylic acids is 1. The Labute approximate surface area is 148 Å². The molecular weight excluding hydrogens is 314 g/mol. The summed E-state index contributed by atoms with van der Waals surface area (Å²) >= 11 is 0. The fraction of sp³-hybridized carbons (Fsp3) is 0.350. The number of fused-ring (bicyclic) bond motifs is 1. The fourth-order valence-electron chi connectivity index (χ4n) is 3.43. The SMILES string of the molecule is COc1ccccc1C[C@@H](C)Nc1ccc2c(c1)N(C(N)=O)CCC2. The zero-order chi connectivity index (χ0) is 17.8. The molecule has 0 aromatic heterocycles. The second-order valence-electron chi connectivity index (χ2n) is 6.50. The Hall–Kier alpha value is -2.69. The van der Waals surface area contributed by atoms with E-state index >= 15 is 0 Å². The van der Waals surface area contributed by atoms with Crippen molar-refractivity contribution in [2.75, 3.05) is 23.9 Å². The van der Waals surface area contributed by atoms with E-state index in [9.17, 15) is 4.79 Å². The van der Waals surface area contributed by atoms with Gasteiger partial charge in [-0.1, -0.05) is 24.3 Å². The largest absolute Gasteiger partial charge is 0.496 e. The molecule has 2 aromatic carbocycles. The van der Waals surface area contributed by atoms with E-state index in [1.165, 1.54) is 11.1 Å². The standard InChI is InChI=1S/C20H25N3O2/c1-14(12-16-6-3-4-8-19(16)25-2)22-17-10-9-15-7-5-11-23(20(21)24)18(15)13-17/h3-4,6,8-10,13-14,22H,5,7,11-12H2,1-2H3,(H2,21,24)/t14-/m1/s1. The van der Waals surface area contributed by atoms with Gasteiger partial charge in [-0.2, -0.15) is 0 Å². The Morgan fingerprint density at radius 1 is 1.32 bits per heavy atom. The van der Waals surface area contributed by atoms with Gasteiger partial charge in [-0.3, -0.25) is 4.90 Å². The number of benzene rings is 2. The molecule has 1 aliphatic rings. The molecule has 3 N–H and O–H groups in total. The van der Waals surface area contributed by atoms with Crippen LogP contribution >= 0.6 is 0 Å². The first-order chi connectivity index (χ1) is 12.1. The van der Waals surface area contributed by atoms with Crippen LogP contribution in [0, 0.1) is 0 Å². The van der Waals surface area contributed by atoms with Crippen molar-refractivity contribution < 1.29 is 9.53 Å². The predicted octanol–water partition coefficient (Wildman–Crippen LogP) is 3.57. The third kappa shape index (κ3) is 3.87. The number of amides is 2. The van der Waals surface area contributed by atoms with Gasteiger partial charge in [-0.05, 0) is 55.5 Å². The van der Waals surface area contributed by atoms with Crippen LogP contribution in [0.15, 0.2) is 42.5 Å². The van der Waals surface area contributed by atoms with Crippen LogP contribution in [0.5, 0.6) is 5.75 Å². The fourth-order valence-corrected chi connectivity index (χ4v) is 3.43. The number of primary amides is 1. The molecule has 0 unspecified atom stereocenters. The smallest absolute Gasteiger partial charge is 0.319 e. The van der Waals surface area contributed by atoms with Crippen LogP contribution in [-0.2, 0) is 12.8 Å². The van der Waals surface area contributed by atoms with Gasteiger partial charge in [-0.25, -0.2) is 4.79 Å². The molecule has 0 fully saturated rings. The molecule has 1 aliphatic heterocycles. The number of para-hydroxylation sites is 1. The summed E-state index contributed by atoms with van der Waals surface area (Å²) in [6.07, 6.45) is 2.78. The minimum absolute atomic E-state index is 0.222. The minimum Gasteiger partial charge on any atom is -0.496 e. The molecule has 0 saturated heterocycles. The van der Waals surface area contributed by atoms with Crippen molar-refractivity contribution in [3.8, 4) is 5.75 Å². The lowest BCUT2D eigenvalue weighted by Gasteiger charge is -2.29. The van der Waals surface area contributed by atoms with E-state index in [0.717, 1.165) is 36.4 Å². The van der Waals surface area contributed by atoms with E-state index in [0.29, 0.717) is 6.54 Å². The molecule has 2 amide bonds. The third-order valence-corrected chi connectivity index (χ3v) is 4.60. The normalized spacial score (nSPS) is 14.6. The number of hydrogen-bond donors (Lipinski definition) is 2. The number of urea groups is 1. The number of anilines is 2. The molecule has 25 heavy (non-hydrogen) atoms. The van der Waals surface area contributed by atoms with E-state index in [1.54, 1.807) is 12.0 Å². The zero-order valence-electron chi connectivity index (χ0n) is 14.8. The molecular formula is C20H25N3O2. The van der Waals surface area contributed by atoms with Crippen LogP contribution in [0.2, 0.25) is 0 Å². The summed E-state index contributed by atoms with van der Waals surface area (Å²) in [6, 6.07) is 14.1. The first-order valence-electron chi connectivity index (χ1n) is 8.67. The van der Waals surface area contributed by atoms with Gasteiger partial charge in [0.1, 0.15) is 5.75 Å². The molecule has 0 saturated carbocycles. The van der Waals surface area contributed by atoms with E-state index in [-0.39, 0.29) is 12.1 Å². The lowest BCUT2D eigenvalue weighted by Crippen LogP contribution is -2.39. The summed E-state index contributed by atoms with van der Waals surface area (Å²) in [5.41, 5.74) is 9.78. The van der Waals surface area contributed by atoms with Crippen LogP contribution < -0.4 is 20.7 Å². The average molecular weight is 339 g/mol. The predicted molar refractivity (Wildman–Crippen MR) is 101 cm³/mol. The second-order valence-corrected chi connectivity index (χ2v) is 6.50. The van der Waals surface area contributed by atoms with E-state index < -0.39 is 0 Å². The van der Waals surface area contributed by atoms with Crippen LogP contribution in [0.3, 0.4) is 0 Å². The molecule has 0 spiro atoms. The van der Waals surface area contributed by atoms with E-state index in [1.807, 2.05) is 24.3 Å². The Morgan fingerprint density at radius 2 is 2.12 bits per heavy atom. The Morgan fingerprint density at radius 3 is 2.88 bits per heavy atom. The van der Waals surface area contributed by atoms with Gasteiger partial charge in [0.15, 0.2) is 0 Å². The molecule has 5 heteroatoms. The van der Waals surface area contributed by atoms with Gasteiger partial charge in [0, 0.05) is 18.3 Å². The van der Waals surface area contributed by atoms with Crippen molar-refractivity contribution >= 4 is 17.4 Å². The molecule has 3 rings (SSSR count). The summed E-state index contributed by atoms with van der Waals surface area (Å²) in [5, 5.41) is 3.52. The first-order valence-corrected chi connectivity index (χ1v) is 8.67. The summed E-state index contributed by atoms with van der Waals surface area (Å²) in [4.78, 5) is 13.3. The maximum absolute atomic E-state index is 11.7. The third-order valence-electron chi connectivity index (χ3n) is 4.60.